The highest BCUT2D eigenvalue weighted by Gasteiger charge is 2.48. The van der Waals surface area contributed by atoms with Crippen molar-refractivity contribution in [1.29, 1.82) is 0 Å². The van der Waals surface area contributed by atoms with Gasteiger partial charge >= 0.3 is 0 Å². The monoisotopic (exact) mass is 432 g/mol. The van der Waals surface area contributed by atoms with Crippen molar-refractivity contribution < 1.29 is 13.9 Å². The third kappa shape index (κ3) is 3.69. The van der Waals surface area contributed by atoms with E-state index in [0.29, 0.717) is 11.3 Å². The molecule has 3 aromatic rings. The molecule has 5 rings (SSSR count). The molecule has 0 aliphatic carbocycles. The molecular formula is C25H25FN4O2. The van der Waals surface area contributed by atoms with Crippen LogP contribution in [0.15, 0.2) is 66.9 Å². The number of piperidine rings is 1. The van der Waals surface area contributed by atoms with Gasteiger partial charge in [0.2, 0.25) is 0 Å². The van der Waals surface area contributed by atoms with Crippen LogP contribution >= 0.6 is 0 Å². The van der Waals surface area contributed by atoms with Crippen LogP contribution in [0.4, 0.5) is 15.9 Å². The van der Waals surface area contributed by atoms with Gasteiger partial charge in [0.15, 0.2) is 6.10 Å². The molecule has 1 unspecified atom stereocenters. The lowest BCUT2D eigenvalue weighted by Gasteiger charge is -2.40. The highest BCUT2D eigenvalue weighted by molar-refractivity contribution is 5.83. The van der Waals surface area contributed by atoms with E-state index in [9.17, 15) is 9.18 Å². The number of hydrogen-bond donors (Lipinski definition) is 2. The van der Waals surface area contributed by atoms with Crippen LogP contribution < -0.4 is 16.0 Å². The number of anilines is 2. The van der Waals surface area contributed by atoms with Gasteiger partial charge in [-0.05, 0) is 36.1 Å². The Morgan fingerprint density at radius 1 is 1.16 bits per heavy atom. The Kier molecular flexibility index (Phi) is 5.27. The van der Waals surface area contributed by atoms with E-state index in [4.69, 9.17) is 10.5 Å². The van der Waals surface area contributed by atoms with E-state index >= 15 is 0 Å². The minimum absolute atomic E-state index is 0.120. The summed E-state index contributed by atoms with van der Waals surface area (Å²) in [4.78, 5) is 19.7. The normalized spacial score (nSPS) is 19.0. The second-order valence-corrected chi connectivity index (χ2v) is 8.32. The number of fused-ring (bicyclic) bond motifs is 2. The fourth-order valence-corrected chi connectivity index (χ4v) is 4.70. The summed E-state index contributed by atoms with van der Waals surface area (Å²) in [6.45, 7) is 1.61. The number of benzene rings is 2. The van der Waals surface area contributed by atoms with Gasteiger partial charge in [0, 0.05) is 43.1 Å². The lowest BCUT2D eigenvalue weighted by molar-refractivity contribution is -0.147. The van der Waals surface area contributed by atoms with E-state index in [1.54, 1.807) is 30.5 Å². The Bertz CT molecular complexity index is 1140. The summed E-state index contributed by atoms with van der Waals surface area (Å²) in [5.74, 6) is 0.266. The molecule has 1 spiro atoms. The minimum Gasteiger partial charge on any atom is -0.399 e. The molecule has 3 heterocycles. The van der Waals surface area contributed by atoms with Crippen LogP contribution in [0.25, 0.3) is 0 Å². The number of carbonyl (C=O) groups excluding carboxylic acids is 1. The van der Waals surface area contributed by atoms with Gasteiger partial charge in [-0.25, -0.2) is 9.37 Å². The highest BCUT2D eigenvalue weighted by atomic mass is 19.1. The van der Waals surface area contributed by atoms with Crippen molar-refractivity contribution in [2.75, 3.05) is 23.7 Å². The van der Waals surface area contributed by atoms with Gasteiger partial charge < -0.3 is 20.7 Å². The van der Waals surface area contributed by atoms with Crippen molar-refractivity contribution >= 4 is 17.4 Å². The number of hydrogen-bond acceptors (Lipinski definition) is 5. The first-order valence-corrected chi connectivity index (χ1v) is 10.8. The van der Waals surface area contributed by atoms with Gasteiger partial charge in [0.1, 0.15) is 11.6 Å². The number of carbonyl (C=O) groups is 1. The van der Waals surface area contributed by atoms with Crippen molar-refractivity contribution in [3.63, 3.8) is 0 Å². The third-order valence-electron chi connectivity index (χ3n) is 6.39. The quantitative estimate of drug-likeness (QED) is 0.657. The first-order valence-electron chi connectivity index (χ1n) is 10.8. The molecule has 6 nitrogen and oxygen atoms in total. The summed E-state index contributed by atoms with van der Waals surface area (Å²) in [7, 11) is 0. The van der Waals surface area contributed by atoms with Crippen LogP contribution in [0.1, 0.15) is 35.6 Å². The Morgan fingerprint density at radius 3 is 2.69 bits per heavy atom. The molecule has 164 valence electrons. The Labute approximate surface area is 186 Å². The molecule has 1 saturated heterocycles. The second kappa shape index (κ2) is 8.24. The fraction of sp³-hybridized carbons (Fsp3) is 0.280. The summed E-state index contributed by atoms with van der Waals surface area (Å²) in [6, 6.07) is 18.0. The Morgan fingerprint density at radius 2 is 1.91 bits per heavy atom. The van der Waals surface area contributed by atoms with Crippen molar-refractivity contribution in [1.82, 2.24) is 10.3 Å². The van der Waals surface area contributed by atoms with Crippen LogP contribution in [0, 0.1) is 5.82 Å². The molecule has 2 aliphatic rings. The Hall–Kier alpha value is -3.45. The van der Waals surface area contributed by atoms with E-state index in [0.717, 1.165) is 42.9 Å². The van der Waals surface area contributed by atoms with Gasteiger partial charge in [-0.3, -0.25) is 4.79 Å². The lowest BCUT2D eigenvalue weighted by atomic mass is 9.83. The van der Waals surface area contributed by atoms with E-state index < -0.39 is 11.7 Å². The molecular weight excluding hydrogens is 407 g/mol. The van der Waals surface area contributed by atoms with E-state index in [1.807, 2.05) is 30.3 Å². The predicted octanol–water partition coefficient (Wildman–Crippen LogP) is 3.69. The van der Waals surface area contributed by atoms with Gasteiger partial charge in [0.25, 0.3) is 5.91 Å². The SMILES string of the molecule is Nc1ccnc(N2CCC3(CC2)OC(C(=O)NCc2ccccc2F)c2ccccc23)c1. The standard InChI is InChI=1S/C25H25FN4O2/c26-21-8-4-1-5-17(21)16-29-24(31)23-19-6-2-3-7-20(19)25(32-23)10-13-30(14-11-25)22-15-18(27)9-12-28-22/h1-9,12,15,23H,10-11,13-14,16H2,(H2,27,28)(H,29,31). The second-order valence-electron chi connectivity index (χ2n) is 8.32. The van der Waals surface area contributed by atoms with Crippen LogP contribution in [0.2, 0.25) is 0 Å². The summed E-state index contributed by atoms with van der Waals surface area (Å²) in [5, 5.41) is 2.85. The van der Waals surface area contributed by atoms with Gasteiger partial charge in [-0.2, -0.15) is 0 Å². The number of pyridine rings is 1. The number of aromatic nitrogens is 1. The maximum absolute atomic E-state index is 13.9. The average molecular weight is 432 g/mol. The minimum atomic E-state index is -0.713. The van der Waals surface area contributed by atoms with Crippen molar-refractivity contribution in [3.8, 4) is 0 Å². The first-order chi connectivity index (χ1) is 15.6. The molecule has 1 amide bonds. The van der Waals surface area contributed by atoms with Gasteiger partial charge in [-0.15, -0.1) is 0 Å². The number of nitrogens with two attached hydrogens (primary N) is 1. The molecule has 0 bridgehead atoms. The van der Waals surface area contributed by atoms with Gasteiger partial charge in [0.05, 0.1) is 5.60 Å². The van der Waals surface area contributed by atoms with E-state index in [1.165, 1.54) is 6.07 Å². The number of nitrogen functional groups attached to an aromatic ring is 1. The molecule has 0 radical (unpaired) electrons. The molecule has 1 fully saturated rings. The van der Waals surface area contributed by atoms with E-state index in [-0.39, 0.29) is 18.3 Å². The molecule has 7 heteroatoms. The fourth-order valence-electron chi connectivity index (χ4n) is 4.70. The summed E-state index contributed by atoms with van der Waals surface area (Å²) in [5.41, 5.74) is 8.47. The maximum atomic E-state index is 13.9. The zero-order valence-corrected chi connectivity index (χ0v) is 17.6. The van der Waals surface area contributed by atoms with Crippen LogP contribution in [0.5, 0.6) is 0 Å². The maximum Gasteiger partial charge on any atom is 0.254 e. The molecule has 1 atom stereocenters. The predicted molar refractivity (Wildman–Crippen MR) is 120 cm³/mol. The molecule has 1 aromatic heterocycles. The summed E-state index contributed by atoms with van der Waals surface area (Å²) < 4.78 is 20.4. The highest BCUT2D eigenvalue weighted by Crippen LogP contribution is 2.49. The number of ether oxygens (including phenoxy) is 1. The van der Waals surface area contributed by atoms with Crippen molar-refractivity contribution in [2.24, 2.45) is 0 Å². The van der Waals surface area contributed by atoms with Crippen molar-refractivity contribution in [3.05, 3.63) is 89.4 Å². The number of nitrogens with zero attached hydrogens (tertiary/aromatic N) is 2. The first kappa shape index (κ1) is 20.5. The molecule has 0 saturated carbocycles. The lowest BCUT2D eigenvalue weighted by Crippen LogP contribution is -2.43. The zero-order chi connectivity index (χ0) is 22.1. The van der Waals surface area contributed by atoms with E-state index in [2.05, 4.69) is 15.2 Å². The van der Waals surface area contributed by atoms with Crippen LogP contribution in [0.3, 0.4) is 0 Å². The number of nitrogens with one attached hydrogen (secondary N) is 1. The van der Waals surface area contributed by atoms with Gasteiger partial charge in [-0.1, -0.05) is 42.5 Å². The number of rotatable bonds is 4. The Balaban J connectivity index is 1.32. The smallest absolute Gasteiger partial charge is 0.254 e. The van der Waals surface area contributed by atoms with Crippen LogP contribution in [-0.2, 0) is 21.7 Å². The summed E-state index contributed by atoms with van der Waals surface area (Å²) >= 11 is 0. The molecule has 2 aromatic carbocycles. The molecule has 32 heavy (non-hydrogen) atoms. The zero-order valence-electron chi connectivity index (χ0n) is 17.6. The number of amides is 1. The molecule has 3 N–H and O–H groups in total. The topological polar surface area (TPSA) is 80.5 Å². The number of halogens is 1. The summed E-state index contributed by atoms with van der Waals surface area (Å²) in [6.07, 6.45) is 2.47. The average Bonchev–Trinajstić information content (AvgIpc) is 3.13. The van der Waals surface area contributed by atoms with Crippen molar-refractivity contribution in [2.45, 2.75) is 31.1 Å². The van der Waals surface area contributed by atoms with Crippen LogP contribution in [-0.4, -0.2) is 24.0 Å². The molecule has 2 aliphatic heterocycles. The largest absolute Gasteiger partial charge is 0.399 e. The third-order valence-corrected chi connectivity index (χ3v) is 6.39.